The molecule has 28 heavy (non-hydrogen) atoms. The number of fused-ring (bicyclic) bond motifs is 1. The van der Waals surface area contributed by atoms with Crippen molar-refractivity contribution in [1.29, 1.82) is 0 Å². The van der Waals surface area contributed by atoms with Crippen LogP contribution >= 0.6 is 0 Å². The number of H-pyrrole nitrogens is 1. The van der Waals surface area contributed by atoms with Crippen molar-refractivity contribution >= 4 is 17.2 Å². The lowest BCUT2D eigenvalue weighted by atomic mass is 10.1. The Bertz CT molecular complexity index is 1070. The number of alkyl halides is 3. The van der Waals surface area contributed by atoms with Crippen molar-refractivity contribution in [2.24, 2.45) is 0 Å². The first-order valence-electron chi connectivity index (χ1n) is 8.36. The van der Waals surface area contributed by atoms with E-state index >= 15 is 0 Å². The molecular weight excluding hydrogens is 377 g/mol. The summed E-state index contributed by atoms with van der Waals surface area (Å²) in [6.45, 7) is 3.63. The minimum atomic E-state index is -4.76. The number of hydrogen-bond donors (Lipinski definition) is 2. The first-order chi connectivity index (χ1) is 13.1. The van der Waals surface area contributed by atoms with E-state index in [0.717, 1.165) is 29.1 Å². The summed E-state index contributed by atoms with van der Waals surface area (Å²) >= 11 is 0. The SMILES string of the molecule is Cc1nc2cc(=O)[nH]n2c(C)c1CCC(=O)Nc1ccc(OC(F)(F)F)cc1. The fraction of sp³-hybridized carbons (Fsp3) is 0.278. The van der Waals surface area contributed by atoms with E-state index in [0.29, 0.717) is 17.8 Å². The summed E-state index contributed by atoms with van der Waals surface area (Å²) in [6, 6.07) is 6.29. The molecule has 1 aromatic carbocycles. The van der Waals surface area contributed by atoms with E-state index in [2.05, 4.69) is 20.1 Å². The number of nitrogens with one attached hydrogen (secondary N) is 2. The maximum atomic E-state index is 12.2. The molecule has 0 aliphatic carbocycles. The van der Waals surface area contributed by atoms with Gasteiger partial charge in [0.25, 0.3) is 5.56 Å². The predicted octanol–water partition coefficient (Wildman–Crippen LogP) is 3.11. The summed E-state index contributed by atoms with van der Waals surface area (Å²) in [5.74, 6) is -0.666. The standard InChI is InChI=1S/C18H17F3N4O3/c1-10-14(11(2)25-15(22-10)9-17(27)24-25)7-8-16(26)23-12-3-5-13(6-4-12)28-18(19,20)21/h3-6,9H,7-8H2,1-2H3,(H,23,26)(H,24,27). The summed E-state index contributed by atoms with van der Waals surface area (Å²) in [6.07, 6.45) is -4.23. The molecule has 3 rings (SSSR count). The predicted molar refractivity (Wildman–Crippen MR) is 95.4 cm³/mol. The molecule has 0 radical (unpaired) electrons. The number of aryl methyl sites for hydroxylation is 2. The normalized spacial score (nSPS) is 11.6. The molecule has 0 atom stereocenters. The van der Waals surface area contributed by atoms with E-state index < -0.39 is 6.36 Å². The van der Waals surface area contributed by atoms with E-state index in [1.165, 1.54) is 18.2 Å². The van der Waals surface area contributed by atoms with Crippen LogP contribution in [0.25, 0.3) is 5.65 Å². The number of aromatic nitrogens is 3. The lowest BCUT2D eigenvalue weighted by Crippen LogP contribution is -2.17. The van der Waals surface area contributed by atoms with Gasteiger partial charge in [-0.2, -0.15) is 0 Å². The zero-order valence-electron chi connectivity index (χ0n) is 15.1. The quantitative estimate of drug-likeness (QED) is 0.696. The van der Waals surface area contributed by atoms with Gasteiger partial charge in [-0.05, 0) is 50.1 Å². The van der Waals surface area contributed by atoms with Crippen molar-refractivity contribution in [3.05, 3.63) is 57.6 Å². The fourth-order valence-electron chi connectivity index (χ4n) is 2.92. The van der Waals surface area contributed by atoms with Crippen LogP contribution in [0, 0.1) is 13.8 Å². The van der Waals surface area contributed by atoms with E-state index in [1.807, 2.05) is 6.92 Å². The third-order valence-electron chi connectivity index (χ3n) is 4.18. The number of hydrogen-bond acceptors (Lipinski definition) is 4. The fourth-order valence-corrected chi connectivity index (χ4v) is 2.92. The van der Waals surface area contributed by atoms with Crippen LogP contribution in [0.5, 0.6) is 5.75 Å². The lowest BCUT2D eigenvalue weighted by Gasteiger charge is -2.12. The molecule has 148 valence electrons. The van der Waals surface area contributed by atoms with Crippen molar-refractivity contribution in [3.8, 4) is 5.75 Å². The summed E-state index contributed by atoms with van der Waals surface area (Å²) in [5, 5.41) is 5.27. The number of benzene rings is 1. The molecule has 0 aliphatic heterocycles. The van der Waals surface area contributed by atoms with Gasteiger partial charge in [0.05, 0.1) is 0 Å². The molecule has 1 amide bonds. The molecule has 7 nitrogen and oxygen atoms in total. The van der Waals surface area contributed by atoms with Crippen LogP contribution in [-0.2, 0) is 11.2 Å². The molecule has 0 spiro atoms. The minimum Gasteiger partial charge on any atom is -0.406 e. The van der Waals surface area contributed by atoms with Gasteiger partial charge < -0.3 is 10.1 Å². The van der Waals surface area contributed by atoms with Gasteiger partial charge in [-0.25, -0.2) is 9.50 Å². The van der Waals surface area contributed by atoms with Crippen LogP contribution in [0.4, 0.5) is 18.9 Å². The Morgan fingerprint density at radius 3 is 2.57 bits per heavy atom. The maximum Gasteiger partial charge on any atom is 0.573 e. The molecule has 0 fully saturated rings. The second-order valence-electron chi connectivity index (χ2n) is 6.20. The molecule has 0 saturated heterocycles. The molecular formula is C18H17F3N4O3. The monoisotopic (exact) mass is 394 g/mol. The third-order valence-corrected chi connectivity index (χ3v) is 4.18. The average molecular weight is 394 g/mol. The summed E-state index contributed by atoms with van der Waals surface area (Å²) in [7, 11) is 0. The van der Waals surface area contributed by atoms with Gasteiger partial charge in [-0.3, -0.25) is 14.7 Å². The number of carbonyl (C=O) groups excluding carboxylic acids is 1. The zero-order valence-corrected chi connectivity index (χ0v) is 15.1. The van der Waals surface area contributed by atoms with Gasteiger partial charge in [0.15, 0.2) is 5.65 Å². The number of aromatic amines is 1. The summed E-state index contributed by atoms with van der Waals surface area (Å²) in [5.41, 5.74) is 2.95. The highest BCUT2D eigenvalue weighted by Crippen LogP contribution is 2.24. The smallest absolute Gasteiger partial charge is 0.406 e. The van der Waals surface area contributed by atoms with Gasteiger partial charge in [0.2, 0.25) is 5.91 Å². The number of anilines is 1. The van der Waals surface area contributed by atoms with E-state index in [-0.39, 0.29) is 23.6 Å². The van der Waals surface area contributed by atoms with Crippen LogP contribution in [0.1, 0.15) is 23.4 Å². The van der Waals surface area contributed by atoms with Crippen LogP contribution in [0.15, 0.2) is 35.1 Å². The molecule has 2 N–H and O–H groups in total. The lowest BCUT2D eigenvalue weighted by molar-refractivity contribution is -0.274. The van der Waals surface area contributed by atoms with Crippen LogP contribution in [-0.4, -0.2) is 26.9 Å². The number of halogens is 3. The van der Waals surface area contributed by atoms with Crippen molar-refractivity contribution in [1.82, 2.24) is 14.6 Å². The molecule has 0 saturated carbocycles. The Labute approximate surface area is 157 Å². The average Bonchev–Trinajstić information content (AvgIpc) is 2.95. The Balaban J connectivity index is 1.64. The topological polar surface area (TPSA) is 88.5 Å². The first kappa shape index (κ1) is 19.5. The summed E-state index contributed by atoms with van der Waals surface area (Å²) in [4.78, 5) is 28.0. The number of rotatable bonds is 5. The maximum absolute atomic E-state index is 12.2. The van der Waals surface area contributed by atoms with Gasteiger partial charge in [-0.15, -0.1) is 13.2 Å². The molecule has 2 aromatic heterocycles. The van der Waals surface area contributed by atoms with Gasteiger partial charge >= 0.3 is 6.36 Å². The Hall–Kier alpha value is -3.30. The van der Waals surface area contributed by atoms with Crippen LogP contribution in [0.2, 0.25) is 0 Å². The number of nitrogens with zero attached hydrogens (tertiary/aromatic N) is 2. The third kappa shape index (κ3) is 4.51. The van der Waals surface area contributed by atoms with E-state index in [9.17, 15) is 22.8 Å². The largest absolute Gasteiger partial charge is 0.573 e. The molecule has 0 aliphatic rings. The molecule has 10 heteroatoms. The molecule has 0 unspecified atom stereocenters. The van der Waals surface area contributed by atoms with Crippen molar-refractivity contribution in [2.75, 3.05) is 5.32 Å². The van der Waals surface area contributed by atoms with Crippen molar-refractivity contribution in [2.45, 2.75) is 33.1 Å². The van der Waals surface area contributed by atoms with Crippen molar-refractivity contribution in [3.63, 3.8) is 0 Å². The first-order valence-corrected chi connectivity index (χ1v) is 8.36. The highest BCUT2D eigenvalue weighted by molar-refractivity contribution is 5.90. The Morgan fingerprint density at radius 2 is 1.93 bits per heavy atom. The van der Waals surface area contributed by atoms with Crippen molar-refractivity contribution < 1.29 is 22.7 Å². The Morgan fingerprint density at radius 1 is 1.25 bits per heavy atom. The molecule has 0 bridgehead atoms. The minimum absolute atomic E-state index is 0.140. The summed E-state index contributed by atoms with van der Waals surface area (Å²) < 4.78 is 41.8. The number of amides is 1. The number of ether oxygens (including phenoxy) is 1. The van der Waals surface area contributed by atoms with E-state index in [4.69, 9.17) is 0 Å². The second-order valence-corrected chi connectivity index (χ2v) is 6.20. The second kappa shape index (κ2) is 7.37. The Kier molecular flexibility index (Phi) is 5.12. The highest BCUT2D eigenvalue weighted by Gasteiger charge is 2.30. The van der Waals surface area contributed by atoms with Gasteiger partial charge in [0.1, 0.15) is 5.75 Å². The number of carbonyl (C=O) groups is 1. The van der Waals surface area contributed by atoms with Crippen LogP contribution in [0.3, 0.4) is 0 Å². The molecule has 3 aromatic rings. The zero-order chi connectivity index (χ0) is 20.5. The van der Waals surface area contributed by atoms with Gasteiger partial charge in [-0.1, -0.05) is 0 Å². The van der Waals surface area contributed by atoms with Crippen LogP contribution < -0.4 is 15.6 Å². The highest BCUT2D eigenvalue weighted by atomic mass is 19.4. The van der Waals surface area contributed by atoms with E-state index in [1.54, 1.807) is 11.4 Å². The molecule has 2 heterocycles. The van der Waals surface area contributed by atoms with Gasteiger partial charge in [0, 0.05) is 29.6 Å².